The highest BCUT2D eigenvalue weighted by Gasteiger charge is 2.20. The summed E-state index contributed by atoms with van der Waals surface area (Å²) in [4.78, 5) is 12.7. The molecule has 0 aliphatic heterocycles. The van der Waals surface area contributed by atoms with Crippen LogP contribution in [0.3, 0.4) is 0 Å². The number of thioether (sulfide) groups is 1. The van der Waals surface area contributed by atoms with Crippen LogP contribution in [0, 0.1) is 13.8 Å². The van der Waals surface area contributed by atoms with Gasteiger partial charge in [0.1, 0.15) is 0 Å². The van der Waals surface area contributed by atoms with Crippen LogP contribution in [0.2, 0.25) is 0 Å². The Labute approximate surface area is 176 Å². The molecule has 0 saturated heterocycles. The quantitative estimate of drug-likeness (QED) is 0.486. The van der Waals surface area contributed by atoms with Gasteiger partial charge in [-0.2, -0.15) is 0 Å². The number of rotatable bonds is 7. The molecule has 0 aliphatic carbocycles. The zero-order valence-corrected chi connectivity index (χ0v) is 18.3. The van der Waals surface area contributed by atoms with Crippen LogP contribution in [-0.2, 0) is 4.79 Å². The number of nitrogens with one attached hydrogen (secondary N) is 1. The Morgan fingerprint density at radius 1 is 1.10 bits per heavy atom. The van der Waals surface area contributed by atoms with E-state index in [1.807, 2.05) is 51.1 Å². The molecule has 0 aliphatic rings. The van der Waals surface area contributed by atoms with Gasteiger partial charge in [0, 0.05) is 11.3 Å². The molecule has 2 aromatic carbocycles. The van der Waals surface area contributed by atoms with Crippen LogP contribution in [-0.4, -0.2) is 21.4 Å². The molecule has 1 N–H and O–H groups in total. The molecule has 29 heavy (non-hydrogen) atoms. The lowest BCUT2D eigenvalue weighted by Gasteiger charge is -2.17. The Hall–Kier alpha value is -2.60. The smallest absolute Gasteiger partial charge is 0.277 e. The van der Waals surface area contributed by atoms with Crippen molar-refractivity contribution < 1.29 is 9.21 Å². The second kappa shape index (κ2) is 9.27. The number of carbonyl (C=O) groups excluding carboxylic acids is 1. The Morgan fingerprint density at radius 3 is 2.48 bits per heavy atom. The number of aryl methyl sites for hydroxylation is 2. The first kappa shape index (κ1) is 21.1. The fraction of sp³-hybridized carbons (Fsp3) is 0.348. The number of benzene rings is 2. The average Bonchev–Trinajstić information content (AvgIpc) is 3.15. The molecule has 0 radical (unpaired) electrons. The highest BCUT2D eigenvalue weighted by atomic mass is 32.2. The van der Waals surface area contributed by atoms with Crippen molar-refractivity contribution in [1.82, 2.24) is 10.2 Å². The molecule has 5 nitrogen and oxygen atoms in total. The molecule has 2 atom stereocenters. The Bertz CT molecular complexity index is 979. The number of anilines is 1. The lowest BCUT2D eigenvalue weighted by molar-refractivity contribution is -0.115. The van der Waals surface area contributed by atoms with Crippen LogP contribution in [0.5, 0.6) is 0 Å². The van der Waals surface area contributed by atoms with Gasteiger partial charge >= 0.3 is 0 Å². The molecule has 1 amide bonds. The summed E-state index contributed by atoms with van der Waals surface area (Å²) < 4.78 is 5.79. The van der Waals surface area contributed by atoms with E-state index in [2.05, 4.69) is 41.5 Å². The molecule has 3 aromatic rings. The molecule has 3 rings (SSSR count). The summed E-state index contributed by atoms with van der Waals surface area (Å²) in [5.41, 5.74) is 5.18. The summed E-state index contributed by atoms with van der Waals surface area (Å²) in [5.74, 6) is 0.761. The van der Waals surface area contributed by atoms with E-state index >= 15 is 0 Å². The van der Waals surface area contributed by atoms with Crippen molar-refractivity contribution in [3.05, 3.63) is 59.2 Å². The van der Waals surface area contributed by atoms with Gasteiger partial charge in [-0.15, -0.1) is 10.2 Å². The van der Waals surface area contributed by atoms with Crippen molar-refractivity contribution in [2.24, 2.45) is 0 Å². The summed E-state index contributed by atoms with van der Waals surface area (Å²) in [5, 5.41) is 11.3. The number of carbonyl (C=O) groups is 1. The Morgan fingerprint density at radius 2 is 1.79 bits per heavy atom. The minimum Gasteiger partial charge on any atom is -0.411 e. The minimum absolute atomic E-state index is 0.0862. The standard InChI is InChI=1S/C23H27N3O2S/c1-6-16(4)19-9-7-8-10-20(19)24-21(27)17(5)29-23-26-25-22(28-23)18-12-14(2)11-15(3)13-18/h7-13,16-17H,6H2,1-5H3,(H,24,27)/t16-,17+/m1/s1. The summed E-state index contributed by atoms with van der Waals surface area (Å²) >= 11 is 1.26. The third-order valence-electron chi connectivity index (χ3n) is 4.88. The number of nitrogens with zero attached hydrogens (tertiary/aromatic N) is 2. The zero-order valence-electron chi connectivity index (χ0n) is 17.5. The van der Waals surface area contributed by atoms with Crippen LogP contribution >= 0.6 is 11.8 Å². The normalized spacial score (nSPS) is 13.1. The van der Waals surface area contributed by atoms with E-state index < -0.39 is 0 Å². The molecule has 152 valence electrons. The van der Waals surface area contributed by atoms with Gasteiger partial charge in [0.2, 0.25) is 11.8 Å². The van der Waals surface area contributed by atoms with E-state index in [4.69, 9.17) is 4.42 Å². The van der Waals surface area contributed by atoms with E-state index in [0.717, 1.165) is 34.4 Å². The third-order valence-corrected chi connectivity index (χ3v) is 5.82. The fourth-order valence-electron chi connectivity index (χ4n) is 3.17. The molecular weight excluding hydrogens is 382 g/mol. The number of amides is 1. The Balaban J connectivity index is 1.69. The SMILES string of the molecule is CC[C@@H](C)c1ccccc1NC(=O)[C@H](C)Sc1nnc(-c2cc(C)cc(C)c2)o1. The zero-order chi connectivity index (χ0) is 21.0. The highest BCUT2D eigenvalue weighted by Crippen LogP contribution is 2.30. The van der Waals surface area contributed by atoms with Gasteiger partial charge in [-0.25, -0.2) is 0 Å². The van der Waals surface area contributed by atoms with Gasteiger partial charge in [0.15, 0.2) is 0 Å². The van der Waals surface area contributed by atoms with E-state index in [0.29, 0.717) is 17.0 Å². The van der Waals surface area contributed by atoms with E-state index in [1.165, 1.54) is 11.8 Å². The Kier molecular flexibility index (Phi) is 6.75. The first-order chi connectivity index (χ1) is 13.9. The van der Waals surface area contributed by atoms with Crippen LogP contribution < -0.4 is 5.32 Å². The molecule has 1 heterocycles. The predicted octanol–water partition coefficient (Wildman–Crippen LogP) is 5.99. The van der Waals surface area contributed by atoms with Crippen molar-refractivity contribution in [1.29, 1.82) is 0 Å². The van der Waals surface area contributed by atoms with Crippen molar-refractivity contribution in [2.45, 2.75) is 57.4 Å². The summed E-state index contributed by atoms with van der Waals surface area (Å²) in [6.45, 7) is 10.2. The lowest BCUT2D eigenvalue weighted by Crippen LogP contribution is -2.23. The molecule has 0 bridgehead atoms. The first-order valence-corrected chi connectivity index (χ1v) is 10.7. The first-order valence-electron chi connectivity index (χ1n) is 9.86. The van der Waals surface area contributed by atoms with E-state index in [9.17, 15) is 4.79 Å². The van der Waals surface area contributed by atoms with E-state index in [-0.39, 0.29) is 11.2 Å². The van der Waals surface area contributed by atoms with E-state index in [1.54, 1.807) is 0 Å². The summed E-state index contributed by atoms with van der Waals surface area (Å²) in [6, 6.07) is 14.1. The van der Waals surface area contributed by atoms with Gasteiger partial charge in [0.25, 0.3) is 5.22 Å². The maximum atomic E-state index is 12.7. The molecule has 6 heteroatoms. The average molecular weight is 410 g/mol. The van der Waals surface area contributed by atoms with Gasteiger partial charge in [0.05, 0.1) is 5.25 Å². The number of para-hydroxylation sites is 1. The van der Waals surface area contributed by atoms with Gasteiger partial charge in [-0.05, 0) is 56.9 Å². The van der Waals surface area contributed by atoms with Crippen molar-refractivity contribution in [3.63, 3.8) is 0 Å². The number of hydrogen-bond donors (Lipinski definition) is 1. The molecule has 1 aromatic heterocycles. The van der Waals surface area contributed by atoms with Crippen LogP contribution in [0.4, 0.5) is 5.69 Å². The second-order valence-corrected chi connectivity index (χ2v) is 8.69. The van der Waals surface area contributed by atoms with Crippen molar-refractivity contribution in [3.8, 4) is 11.5 Å². The number of hydrogen-bond acceptors (Lipinski definition) is 5. The predicted molar refractivity (Wildman–Crippen MR) is 118 cm³/mol. The monoisotopic (exact) mass is 409 g/mol. The summed E-state index contributed by atoms with van der Waals surface area (Å²) in [7, 11) is 0. The lowest BCUT2D eigenvalue weighted by atomic mass is 9.97. The van der Waals surface area contributed by atoms with Crippen LogP contribution in [0.1, 0.15) is 49.8 Å². The van der Waals surface area contributed by atoms with Crippen molar-refractivity contribution >= 4 is 23.4 Å². The topological polar surface area (TPSA) is 68.0 Å². The molecule has 0 saturated carbocycles. The second-order valence-electron chi connectivity index (χ2n) is 7.40. The number of aromatic nitrogens is 2. The molecule has 0 unspecified atom stereocenters. The molecule has 0 fully saturated rings. The highest BCUT2D eigenvalue weighted by molar-refractivity contribution is 8.00. The van der Waals surface area contributed by atoms with Crippen molar-refractivity contribution in [2.75, 3.05) is 5.32 Å². The van der Waals surface area contributed by atoms with Crippen LogP contribution in [0.25, 0.3) is 11.5 Å². The van der Waals surface area contributed by atoms with Gasteiger partial charge < -0.3 is 9.73 Å². The van der Waals surface area contributed by atoms with Crippen LogP contribution in [0.15, 0.2) is 52.1 Å². The maximum absolute atomic E-state index is 12.7. The summed E-state index contributed by atoms with van der Waals surface area (Å²) in [6.07, 6.45) is 1.01. The fourth-order valence-corrected chi connectivity index (χ4v) is 3.86. The molecule has 0 spiro atoms. The van der Waals surface area contributed by atoms with Gasteiger partial charge in [-0.3, -0.25) is 4.79 Å². The largest absolute Gasteiger partial charge is 0.411 e. The third kappa shape index (κ3) is 5.26. The molecular formula is C23H27N3O2S. The minimum atomic E-state index is -0.368. The van der Waals surface area contributed by atoms with Gasteiger partial charge in [-0.1, -0.05) is 61.0 Å². The maximum Gasteiger partial charge on any atom is 0.277 e.